The van der Waals surface area contributed by atoms with Crippen LogP contribution in [0.4, 0.5) is 0 Å². The molecule has 8 heteroatoms. The van der Waals surface area contributed by atoms with Crippen LogP contribution in [-0.4, -0.2) is 35.5 Å². The van der Waals surface area contributed by atoms with E-state index >= 15 is 0 Å². The summed E-state index contributed by atoms with van der Waals surface area (Å²) in [4.78, 5) is 21.8. The molecule has 0 aliphatic carbocycles. The summed E-state index contributed by atoms with van der Waals surface area (Å²) in [7, 11) is -3.46. The molecule has 0 radical (unpaired) electrons. The first kappa shape index (κ1) is 17.6. The average molecular weight is 375 g/mol. The predicted octanol–water partition coefficient (Wildman–Crippen LogP) is 2.60. The van der Waals surface area contributed by atoms with Crippen molar-refractivity contribution in [2.75, 3.05) is 12.5 Å². The van der Waals surface area contributed by atoms with E-state index in [-0.39, 0.29) is 10.5 Å². The van der Waals surface area contributed by atoms with Gasteiger partial charge >= 0.3 is 0 Å². The number of rotatable bonds is 4. The Morgan fingerprint density at radius 3 is 2.56 bits per heavy atom. The predicted molar refractivity (Wildman–Crippen MR) is 99.8 cm³/mol. The Bertz CT molecular complexity index is 1120. The first-order valence-corrected chi connectivity index (χ1v) is 10.7. The topological polar surface area (TPSA) is 81.9 Å². The highest BCUT2D eigenvalue weighted by Crippen LogP contribution is 2.27. The van der Waals surface area contributed by atoms with E-state index in [1.165, 1.54) is 17.8 Å². The number of hydrogen-bond donors (Lipinski definition) is 0. The number of aromatic nitrogens is 3. The molecule has 6 nitrogen and oxygen atoms in total. The van der Waals surface area contributed by atoms with Crippen LogP contribution in [0.2, 0.25) is 0 Å². The van der Waals surface area contributed by atoms with Gasteiger partial charge in [-0.1, -0.05) is 30.0 Å². The van der Waals surface area contributed by atoms with Gasteiger partial charge in [0.15, 0.2) is 15.0 Å². The van der Waals surface area contributed by atoms with Crippen LogP contribution in [0.15, 0.2) is 51.4 Å². The van der Waals surface area contributed by atoms with E-state index in [0.717, 1.165) is 6.26 Å². The Kier molecular flexibility index (Phi) is 4.66. The van der Waals surface area contributed by atoms with Gasteiger partial charge in [-0.15, -0.1) is 0 Å². The first-order valence-electron chi connectivity index (χ1n) is 7.61. The molecule has 3 rings (SSSR count). The number of benzene rings is 1. The van der Waals surface area contributed by atoms with Gasteiger partial charge in [-0.25, -0.2) is 18.4 Å². The SMILES string of the molecule is CCn1c(=O)c(-c2ccccc2S(C)(=O)=O)cc2cnc(SC)nc21. The maximum Gasteiger partial charge on any atom is 0.260 e. The molecule has 0 saturated carbocycles. The zero-order chi connectivity index (χ0) is 18.2. The van der Waals surface area contributed by atoms with E-state index in [2.05, 4.69) is 9.97 Å². The average Bonchev–Trinajstić information content (AvgIpc) is 2.60. The van der Waals surface area contributed by atoms with Crippen LogP contribution < -0.4 is 5.56 Å². The van der Waals surface area contributed by atoms with Gasteiger partial charge in [0.2, 0.25) is 0 Å². The van der Waals surface area contributed by atoms with E-state index in [4.69, 9.17) is 0 Å². The van der Waals surface area contributed by atoms with Crippen LogP contribution in [-0.2, 0) is 16.4 Å². The lowest BCUT2D eigenvalue weighted by atomic mass is 10.1. The number of fused-ring (bicyclic) bond motifs is 1. The van der Waals surface area contributed by atoms with Gasteiger partial charge in [-0.2, -0.15) is 0 Å². The molecule has 2 aromatic heterocycles. The molecular weight excluding hydrogens is 358 g/mol. The van der Waals surface area contributed by atoms with Crippen molar-refractivity contribution in [1.82, 2.24) is 14.5 Å². The molecule has 0 fully saturated rings. The molecule has 3 aromatic rings. The van der Waals surface area contributed by atoms with Crippen molar-refractivity contribution in [2.24, 2.45) is 0 Å². The molecule has 130 valence electrons. The van der Waals surface area contributed by atoms with E-state index in [9.17, 15) is 13.2 Å². The monoisotopic (exact) mass is 375 g/mol. The van der Waals surface area contributed by atoms with Crippen LogP contribution >= 0.6 is 11.8 Å². The molecule has 2 heterocycles. The summed E-state index contributed by atoms with van der Waals surface area (Å²) in [6, 6.07) is 8.19. The van der Waals surface area contributed by atoms with Gasteiger partial charge in [0.25, 0.3) is 5.56 Å². The van der Waals surface area contributed by atoms with Crippen LogP contribution in [0.3, 0.4) is 0 Å². The highest BCUT2D eigenvalue weighted by atomic mass is 32.2. The normalized spacial score (nSPS) is 11.8. The summed E-state index contributed by atoms with van der Waals surface area (Å²) in [6.07, 6.45) is 4.66. The van der Waals surface area contributed by atoms with Crippen molar-refractivity contribution >= 4 is 32.6 Å². The first-order chi connectivity index (χ1) is 11.9. The minimum absolute atomic E-state index is 0.135. The third-order valence-electron chi connectivity index (χ3n) is 3.88. The summed E-state index contributed by atoms with van der Waals surface area (Å²) in [5, 5.41) is 1.27. The van der Waals surface area contributed by atoms with Gasteiger partial charge in [-0.05, 0) is 25.3 Å². The molecule has 0 unspecified atom stereocenters. The molecule has 25 heavy (non-hydrogen) atoms. The lowest BCUT2D eigenvalue weighted by molar-refractivity contribution is 0.602. The molecule has 0 amide bonds. The Hall–Kier alpha value is -2.19. The number of pyridine rings is 1. The van der Waals surface area contributed by atoms with Gasteiger partial charge in [0.1, 0.15) is 5.65 Å². The van der Waals surface area contributed by atoms with E-state index in [1.807, 2.05) is 13.2 Å². The quantitative estimate of drug-likeness (QED) is 0.515. The lowest BCUT2D eigenvalue weighted by Crippen LogP contribution is -2.23. The Morgan fingerprint density at radius 2 is 1.92 bits per heavy atom. The Morgan fingerprint density at radius 1 is 1.20 bits per heavy atom. The summed E-state index contributed by atoms with van der Waals surface area (Å²) >= 11 is 1.40. The van der Waals surface area contributed by atoms with E-state index in [0.29, 0.717) is 33.9 Å². The third kappa shape index (κ3) is 3.19. The van der Waals surface area contributed by atoms with Crippen molar-refractivity contribution in [3.8, 4) is 11.1 Å². The van der Waals surface area contributed by atoms with Crippen molar-refractivity contribution in [2.45, 2.75) is 23.5 Å². The van der Waals surface area contributed by atoms with Crippen molar-refractivity contribution in [3.05, 3.63) is 46.9 Å². The maximum absolute atomic E-state index is 13.0. The van der Waals surface area contributed by atoms with Gasteiger partial charge in [-0.3, -0.25) is 9.36 Å². The highest BCUT2D eigenvalue weighted by Gasteiger charge is 2.19. The number of hydrogen-bond acceptors (Lipinski definition) is 6. The Labute approximate surface area is 149 Å². The molecule has 1 aromatic carbocycles. The number of thioether (sulfide) groups is 1. The van der Waals surface area contributed by atoms with E-state index < -0.39 is 9.84 Å². The summed E-state index contributed by atoms with van der Waals surface area (Å²) in [5.74, 6) is 0. The van der Waals surface area contributed by atoms with Gasteiger partial charge in [0.05, 0.1) is 4.90 Å². The fraction of sp³-hybridized carbons (Fsp3) is 0.235. The zero-order valence-electron chi connectivity index (χ0n) is 14.1. The molecule has 0 spiro atoms. The van der Waals surface area contributed by atoms with Crippen molar-refractivity contribution in [3.63, 3.8) is 0 Å². The van der Waals surface area contributed by atoms with Crippen LogP contribution in [0.1, 0.15) is 6.92 Å². The second-order valence-electron chi connectivity index (χ2n) is 5.51. The van der Waals surface area contributed by atoms with Gasteiger partial charge in [0, 0.05) is 35.5 Å². The molecule has 0 aliphatic rings. The van der Waals surface area contributed by atoms with Crippen LogP contribution in [0.25, 0.3) is 22.2 Å². The molecule has 0 bridgehead atoms. The fourth-order valence-electron chi connectivity index (χ4n) is 2.74. The lowest BCUT2D eigenvalue weighted by Gasteiger charge is -2.13. The molecule has 0 atom stereocenters. The van der Waals surface area contributed by atoms with Crippen LogP contribution in [0, 0.1) is 0 Å². The van der Waals surface area contributed by atoms with Crippen LogP contribution in [0.5, 0.6) is 0 Å². The standard InChI is InChI=1S/C17H17N3O3S2/c1-4-20-15-11(10-18-17(19-15)24-2)9-13(16(20)21)12-7-5-6-8-14(12)25(3,22)23/h5-10H,4H2,1-3H3. The van der Waals surface area contributed by atoms with Gasteiger partial charge < -0.3 is 0 Å². The van der Waals surface area contributed by atoms with Crippen molar-refractivity contribution < 1.29 is 8.42 Å². The summed E-state index contributed by atoms with van der Waals surface area (Å²) < 4.78 is 25.8. The molecular formula is C17H17N3O3S2. The Balaban J connectivity index is 2.40. The maximum atomic E-state index is 13.0. The largest absolute Gasteiger partial charge is 0.292 e. The minimum atomic E-state index is -3.46. The number of sulfone groups is 1. The minimum Gasteiger partial charge on any atom is -0.292 e. The van der Waals surface area contributed by atoms with E-state index in [1.54, 1.807) is 35.0 Å². The summed E-state index contributed by atoms with van der Waals surface area (Å²) in [5.41, 5.74) is 1.01. The number of aryl methyl sites for hydroxylation is 1. The fourth-order valence-corrected chi connectivity index (χ4v) is 3.98. The van der Waals surface area contributed by atoms with Crippen molar-refractivity contribution in [1.29, 1.82) is 0 Å². The molecule has 0 N–H and O–H groups in total. The molecule has 0 saturated heterocycles. The second kappa shape index (κ2) is 6.61. The third-order valence-corrected chi connectivity index (χ3v) is 5.60. The highest BCUT2D eigenvalue weighted by molar-refractivity contribution is 7.98. The zero-order valence-corrected chi connectivity index (χ0v) is 15.7. The number of nitrogens with zero attached hydrogens (tertiary/aromatic N) is 3. The summed E-state index contributed by atoms with van der Waals surface area (Å²) in [6.45, 7) is 2.28. The molecule has 0 aliphatic heterocycles. The second-order valence-corrected chi connectivity index (χ2v) is 8.27. The smallest absolute Gasteiger partial charge is 0.260 e.